The molecule has 0 aliphatic carbocycles. The number of ether oxygens (including phenoxy) is 4. The summed E-state index contributed by atoms with van der Waals surface area (Å²) in [6, 6.07) is 0. The van der Waals surface area contributed by atoms with Crippen molar-refractivity contribution in [1.82, 2.24) is 0 Å². The molecule has 0 radical (unpaired) electrons. The van der Waals surface area contributed by atoms with E-state index in [9.17, 15) is 43.2 Å². The minimum absolute atomic E-state index is 0.106. The Balaban J connectivity index is 5.13. The van der Waals surface area contributed by atoms with Crippen molar-refractivity contribution in [2.45, 2.75) is 387 Å². The summed E-state index contributed by atoms with van der Waals surface area (Å²) in [6.07, 6.45) is 50.1. The molecule has 3 N–H and O–H groups in total. The lowest BCUT2D eigenvalue weighted by Crippen LogP contribution is -2.30. The van der Waals surface area contributed by atoms with Crippen LogP contribution in [0.2, 0.25) is 0 Å². The highest BCUT2D eigenvalue weighted by molar-refractivity contribution is 7.47. The van der Waals surface area contributed by atoms with Crippen LogP contribution in [0.1, 0.15) is 369 Å². The molecule has 0 fully saturated rings. The molecular formula is C72H140O17P2. The van der Waals surface area contributed by atoms with Crippen LogP contribution in [0, 0.1) is 11.8 Å². The van der Waals surface area contributed by atoms with Crippen LogP contribution >= 0.6 is 15.6 Å². The van der Waals surface area contributed by atoms with Gasteiger partial charge in [-0.25, -0.2) is 9.13 Å². The Labute approximate surface area is 556 Å². The van der Waals surface area contributed by atoms with Crippen molar-refractivity contribution in [2.24, 2.45) is 11.8 Å². The molecule has 0 bridgehead atoms. The van der Waals surface area contributed by atoms with E-state index in [2.05, 4.69) is 41.5 Å². The predicted molar refractivity (Wildman–Crippen MR) is 368 cm³/mol. The number of hydrogen-bond acceptors (Lipinski definition) is 15. The number of carbonyl (C=O) groups is 4. The molecule has 0 saturated heterocycles. The zero-order valence-corrected chi connectivity index (χ0v) is 60.9. The summed E-state index contributed by atoms with van der Waals surface area (Å²) in [6.45, 7) is 9.56. The Morgan fingerprint density at radius 1 is 0.319 bits per heavy atom. The maximum atomic E-state index is 13.0. The molecule has 0 spiro atoms. The molecule has 540 valence electrons. The van der Waals surface area contributed by atoms with E-state index in [1.54, 1.807) is 0 Å². The predicted octanol–water partition coefficient (Wildman–Crippen LogP) is 20.8. The van der Waals surface area contributed by atoms with Crippen LogP contribution < -0.4 is 0 Å². The topological polar surface area (TPSA) is 237 Å². The summed E-state index contributed by atoms with van der Waals surface area (Å²) in [4.78, 5) is 72.4. The number of esters is 4. The summed E-state index contributed by atoms with van der Waals surface area (Å²) in [5.74, 6) is -0.528. The molecule has 0 aliphatic heterocycles. The van der Waals surface area contributed by atoms with Gasteiger partial charge in [0.1, 0.15) is 19.3 Å². The van der Waals surface area contributed by atoms with E-state index in [4.69, 9.17) is 37.0 Å². The second-order valence-electron chi connectivity index (χ2n) is 26.7. The van der Waals surface area contributed by atoms with Gasteiger partial charge in [-0.3, -0.25) is 37.3 Å². The minimum Gasteiger partial charge on any atom is -0.462 e. The zero-order chi connectivity index (χ0) is 67.2. The molecule has 0 aromatic heterocycles. The van der Waals surface area contributed by atoms with Crippen LogP contribution in [0.25, 0.3) is 0 Å². The molecular weight excluding hydrogens is 1200 g/mol. The van der Waals surface area contributed by atoms with E-state index in [1.165, 1.54) is 186 Å². The Morgan fingerprint density at radius 3 is 0.835 bits per heavy atom. The van der Waals surface area contributed by atoms with Gasteiger partial charge in [-0.15, -0.1) is 0 Å². The van der Waals surface area contributed by atoms with E-state index in [0.717, 1.165) is 102 Å². The number of hydrogen-bond donors (Lipinski definition) is 3. The van der Waals surface area contributed by atoms with Crippen LogP contribution in [0.5, 0.6) is 0 Å². The quantitative estimate of drug-likeness (QED) is 0.0222. The Morgan fingerprint density at radius 2 is 0.560 bits per heavy atom. The highest BCUT2D eigenvalue weighted by Crippen LogP contribution is 2.45. The summed E-state index contributed by atoms with van der Waals surface area (Å²) in [5, 5.41) is 10.6. The highest BCUT2D eigenvalue weighted by Gasteiger charge is 2.30. The fourth-order valence-electron chi connectivity index (χ4n) is 10.9. The lowest BCUT2D eigenvalue weighted by molar-refractivity contribution is -0.161. The standard InChI is InChI=1S/C72H140O17P2/c1-7-10-12-14-16-28-36-42-48-54-69(74)82-60-67(88-71(76)56-50-44-38-29-17-15-13-11-8-2)62-86-90(78,79)84-58-66(73)59-85-91(80,81)87-63-68(61-83-70(75)55-49-43-37-33-32-34-40-46-52-64(4)5)89-72(77)57-51-45-39-31-27-25-23-21-19-18-20-22-24-26-30-35-41-47-53-65(6)9-3/h64-68,73H,7-63H2,1-6H3,(H,78,79)(H,80,81)/t65?,66-,67+,68+/m0/s1. The number of rotatable bonds is 71. The maximum absolute atomic E-state index is 13.0. The summed E-state index contributed by atoms with van der Waals surface area (Å²) in [5.41, 5.74) is 0. The first kappa shape index (κ1) is 89.1. The molecule has 17 nitrogen and oxygen atoms in total. The molecule has 0 aliphatic rings. The second kappa shape index (κ2) is 64.1. The number of aliphatic hydroxyl groups excluding tert-OH is 1. The van der Waals surface area contributed by atoms with E-state index < -0.39 is 97.5 Å². The first-order chi connectivity index (χ1) is 43.9. The number of unbranched alkanes of at least 4 members (excludes halogenated alkanes) is 40. The normalized spacial score (nSPS) is 14.4. The van der Waals surface area contributed by atoms with Crippen molar-refractivity contribution in [2.75, 3.05) is 39.6 Å². The van der Waals surface area contributed by atoms with Crippen molar-refractivity contribution in [1.29, 1.82) is 0 Å². The van der Waals surface area contributed by atoms with Gasteiger partial charge in [0.05, 0.1) is 26.4 Å². The van der Waals surface area contributed by atoms with Crippen molar-refractivity contribution in [3.63, 3.8) is 0 Å². The number of phosphoric acid groups is 2. The summed E-state index contributed by atoms with van der Waals surface area (Å²) in [7, 11) is -9.90. The van der Waals surface area contributed by atoms with Gasteiger partial charge in [0.15, 0.2) is 12.2 Å². The van der Waals surface area contributed by atoms with Gasteiger partial charge in [0, 0.05) is 25.7 Å². The lowest BCUT2D eigenvalue weighted by atomic mass is 9.99. The largest absolute Gasteiger partial charge is 0.472 e. The van der Waals surface area contributed by atoms with Gasteiger partial charge >= 0.3 is 39.5 Å². The van der Waals surface area contributed by atoms with Crippen LogP contribution in [-0.4, -0.2) is 96.7 Å². The van der Waals surface area contributed by atoms with Crippen molar-refractivity contribution < 1.29 is 80.2 Å². The van der Waals surface area contributed by atoms with Gasteiger partial charge in [-0.1, -0.05) is 318 Å². The Kier molecular flexibility index (Phi) is 62.7. The Bertz CT molecular complexity index is 1770. The number of carbonyl (C=O) groups excluding carboxylic acids is 4. The Hall–Kier alpha value is -1.94. The summed E-state index contributed by atoms with van der Waals surface area (Å²) >= 11 is 0. The number of phosphoric ester groups is 2. The fraction of sp³-hybridized carbons (Fsp3) is 0.944. The van der Waals surface area contributed by atoms with Crippen molar-refractivity contribution in [3.05, 3.63) is 0 Å². The average molecular weight is 1340 g/mol. The third-order valence-electron chi connectivity index (χ3n) is 17.1. The molecule has 0 aromatic carbocycles. The summed E-state index contributed by atoms with van der Waals surface area (Å²) < 4.78 is 68.2. The van der Waals surface area contributed by atoms with Crippen LogP contribution in [-0.2, 0) is 65.4 Å². The van der Waals surface area contributed by atoms with Crippen LogP contribution in [0.15, 0.2) is 0 Å². The second-order valence-corrected chi connectivity index (χ2v) is 29.6. The third kappa shape index (κ3) is 65.1. The molecule has 91 heavy (non-hydrogen) atoms. The van der Waals surface area contributed by atoms with E-state index in [-0.39, 0.29) is 25.7 Å². The molecule has 0 heterocycles. The van der Waals surface area contributed by atoms with E-state index in [0.29, 0.717) is 25.7 Å². The molecule has 19 heteroatoms. The maximum Gasteiger partial charge on any atom is 0.472 e. The van der Waals surface area contributed by atoms with Crippen LogP contribution in [0.4, 0.5) is 0 Å². The SMILES string of the molecule is CCCCCCCCCCCC(=O)OC[C@H](COP(=O)(O)OC[C@H](O)COP(=O)(O)OC[C@@H](COC(=O)CCCCCCCCCCC(C)C)OC(=O)CCCCCCCCCCCCCCCCCCCCC(C)CC)OC(=O)CCCCCCCCCCC. The monoisotopic (exact) mass is 1340 g/mol. The van der Waals surface area contributed by atoms with Crippen LogP contribution in [0.3, 0.4) is 0 Å². The van der Waals surface area contributed by atoms with Gasteiger partial charge < -0.3 is 33.8 Å². The first-order valence-electron chi connectivity index (χ1n) is 37.5. The van der Waals surface area contributed by atoms with Gasteiger partial charge in [-0.05, 0) is 37.5 Å². The smallest absolute Gasteiger partial charge is 0.462 e. The van der Waals surface area contributed by atoms with Gasteiger partial charge in [0.25, 0.3) is 0 Å². The highest BCUT2D eigenvalue weighted by atomic mass is 31.2. The van der Waals surface area contributed by atoms with Crippen molar-refractivity contribution >= 4 is 39.5 Å². The molecule has 3 unspecified atom stereocenters. The average Bonchev–Trinajstić information content (AvgIpc) is 3.73. The van der Waals surface area contributed by atoms with Crippen molar-refractivity contribution in [3.8, 4) is 0 Å². The minimum atomic E-state index is -4.95. The molecule has 0 rings (SSSR count). The molecule has 0 aromatic rings. The number of aliphatic hydroxyl groups is 1. The zero-order valence-electron chi connectivity index (χ0n) is 59.1. The third-order valence-corrected chi connectivity index (χ3v) is 19.0. The van der Waals surface area contributed by atoms with Gasteiger partial charge in [-0.2, -0.15) is 0 Å². The van der Waals surface area contributed by atoms with E-state index >= 15 is 0 Å². The fourth-order valence-corrected chi connectivity index (χ4v) is 12.5. The van der Waals surface area contributed by atoms with E-state index in [1.807, 2.05) is 0 Å². The molecule has 6 atom stereocenters. The molecule has 0 saturated carbocycles. The van der Waals surface area contributed by atoms with Gasteiger partial charge in [0.2, 0.25) is 0 Å². The first-order valence-corrected chi connectivity index (χ1v) is 40.5. The lowest BCUT2D eigenvalue weighted by Gasteiger charge is -2.21. The molecule has 0 amide bonds.